The van der Waals surface area contributed by atoms with Crippen LogP contribution in [0.25, 0.3) is 0 Å². The van der Waals surface area contributed by atoms with Gasteiger partial charge in [0, 0.05) is 30.6 Å². The van der Waals surface area contributed by atoms with E-state index in [1.807, 2.05) is 38.1 Å². The second kappa shape index (κ2) is 9.36. The van der Waals surface area contributed by atoms with Gasteiger partial charge < -0.3 is 15.9 Å². The van der Waals surface area contributed by atoms with Crippen molar-refractivity contribution in [3.8, 4) is 11.5 Å². The third-order valence-corrected chi connectivity index (χ3v) is 4.13. The zero-order chi connectivity index (χ0) is 20.6. The van der Waals surface area contributed by atoms with E-state index in [2.05, 4.69) is 30.5 Å². The summed E-state index contributed by atoms with van der Waals surface area (Å²) in [5, 5.41) is 9.93. The summed E-state index contributed by atoms with van der Waals surface area (Å²) in [6, 6.07) is 11.2. The number of nitrogens with one attached hydrogen (secondary N) is 2. The number of anilines is 2. The van der Waals surface area contributed by atoms with Gasteiger partial charge in [-0.1, -0.05) is 0 Å². The van der Waals surface area contributed by atoms with E-state index in [0.29, 0.717) is 41.8 Å². The van der Waals surface area contributed by atoms with Crippen LogP contribution >= 0.6 is 0 Å². The second-order valence-electron chi connectivity index (χ2n) is 6.35. The number of amidine groups is 1. The van der Waals surface area contributed by atoms with E-state index in [4.69, 9.17) is 16.1 Å². The Bertz CT molecular complexity index is 1030. The molecule has 0 aliphatic carbocycles. The van der Waals surface area contributed by atoms with Gasteiger partial charge in [-0.05, 0) is 56.2 Å². The predicted octanol–water partition coefficient (Wildman–Crippen LogP) is 4.26. The Morgan fingerprint density at radius 2 is 1.86 bits per heavy atom. The van der Waals surface area contributed by atoms with Crippen LogP contribution in [-0.4, -0.2) is 20.8 Å². The molecule has 29 heavy (non-hydrogen) atoms. The number of ether oxygens (including phenoxy) is 1. The first-order valence-corrected chi connectivity index (χ1v) is 9.01. The maximum atomic E-state index is 7.01. The molecule has 0 atom stereocenters. The molecule has 3 aromatic heterocycles. The quantitative estimate of drug-likeness (QED) is 0.181. The number of aryl methyl sites for hydroxylation is 3. The molecule has 0 bridgehead atoms. The molecule has 4 N–H and O–H groups in total. The van der Waals surface area contributed by atoms with Gasteiger partial charge in [-0.25, -0.2) is 15.5 Å². The number of aromatic nitrogens is 3. The number of nitrogens with two attached hydrogens (primary N) is 1. The van der Waals surface area contributed by atoms with Crippen molar-refractivity contribution in [1.29, 1.82) is 5.53 Å². The molecule has 9 heteroatoms. The highest BCUT2D eigenvalue weighted by Crippen LogP contribution is 2.26. The van der Waals surface area contributed by atoms with E-state index in [1.165, 1.54) is 0 Å². The van der Waals surface area contributed by atoms with Gasteiger partial charge in [0.2, 0.25) is 0 Å². The lowest BCUT2D eigenvalue weighted by Crippen LogP contribution is -2.01. The zero-order valence-corrected chi connectivity index (χ0v) is 16.3. The van der Waals surface area contributed by atoms with Gasteiger partial charge in [-0.2, -0.15) is 5.10 Å². The fourth-order valence-corrected chi connectivity index (χ4v) is 2.69. The van der Waals surface area contributed by atoms with Gasteiger partial charge in [0.1, 0.15) is 23.1 Å². The molecule has 3 aromatic rings. The van der Waals surface area contributed by atoms with Crippen LogP contribution in [0.3, 0.4) is 0 Å². The Morgan fingerprint density at radius 3 is 2.59 bits per heavy atom. The molecule has 0 fully saturated rings. The number of nitrogens with zero attached hydrogens (tertiary/aromatic N) is 5. The lowest BCUT2D eigenvalue weighted by atomic mass is 10.1. The summed E-state index contributed by atoms with van der Waals surface area (Å²) in [5.74, 6) is 8.09. The normalized spacial score (nSPS) is 11.2. The van der Waals surface area contributed by atoms with Crippen LogP contribution in [0, 0.1) is 19.4 Å². The van der Waals surface area contributed by atoms with Crippen molar-refractivity contribution in [3.05, 3.63) is 65.7 Å². The van der Waals surface area contributed by atoms with E-state index < -0.39 is 0 Å². The van der Waals surface area contributed by atoms with Crippen molar-refractivity contribution in [3.63, 3.8) is 0 Å². The molecule has 0 radical (unpaired) electrons. The first-order chi connectivity index (χ1) is 14.1. The summed E-state index contributed by atoms with van der Waals surface area (Å²) in [4.78, 5) is 13.1. The SMILES string of the molecule is Cc1ccc(Oc2ccnc(Nc3cc(CC/C(N=N)=N/N)ccn3)c2)c(C)n1. The first-order valence-electron chi connectivity index (χ1n) is 9.01. The van der Waals surface area contributed by atoms with Gasteiger partial charge in [-0.15, -0.1) is 5.11 Å². The molecule has 0 aliphatic rings. The van der Waals surface area contributed by atoms with E-state index in [0.717, 1.165) is 17.0 Å². The Morgan fingerprint density at radius 1 is 1.10 bits per heavy atom. The monoisotopic (exact) mass is 390 g/mol. The van der Waals surface area contributed by atoms with Gasteiger partial charge in [0.15, 0.2) is 5.84 Å². The van der Waals surface area contributed by atoms with Crippen molar-refractivity contribution in [2.75, 3.05) is 5.32 Å². The number of hydrogen-bond acceptors (Lipinski definition) is 8. The Kier molecular flexibility index (Phi) is 6.41. The molecule has 3 rings (SSSR count). The van der Waals surface area contributed by atoms with Gasteiger partial charge in [-0.3, -0.25) is 4.98 Å². The second-order valence-corrected chi connectivity index (χ2v) is 6.35. The fraction of sp³-hybridized carbons (Fsp3) is 0.200. The molecule has 0 amide bonds. The standard InChI is InChI=1S/C20H22N8O/c1-13-3-5-17(14(2)25-13)29-16-8-10-24-20(12-16)26-19-11-15(7-9-23-19)4-6-18(27-21)28-22/h3,5,7-12,21H,4,6,22H2,1-2H3,(H,23,24,26)/b27-21?,28-18-. The number of hydrazone groups is 1. The molecular weight excluding hydrogens is 368 g/mol. The van der Waals surface area contributed by atoms with Crippen LogP contribution < -0.4 is 15.9 Å². The van der Waals surface area contributed by atoms with Crippen LogP contribution in [0.15, 0.2) is 59.0 Å². The van der Waals surface area contributed by atoms with Crippen LogP contribution in [0.4, 0.5) is 11.6 Å². The predicted molar refractivity (Wildman–Crippen MR) is 111 cm³/mol. The minimum Gasteiger partial charge on any atom is -0.455 e. The van der Waals surface area contributed by atoms with Gasteiger partial charge in [0.25, 0.3) is 0 Å². The van der Waals surface area contributed by atoms with E-state index >= 15 is 0 Å². The van der Waals surface area contributed by atoms with Crippen molar-refractivity contribution < 1.29 is 4.74 Å². The van der Waals surface area contributed by atoms with Crippen LogP contribution in [0.1, 0.15) is 23.4 Å². The van der Waals surface area contributed by atoms with Crippen molar-refractivity contribution >= 4 is 17.5 Å². The molecule has 9 nitrogen and oxygen atoms in total. The minimum absolute atomic E-state index is 0.295. The summed E-state index contributed by atoms with van der Waals surface area (Å²) >= 11 is 0. The van der Waals surface area contributed by atoms with Crippen LogP contribution in [0.5, 0.6) is 11.5 Å². The lowest BCUT2D eigenvalue weighted by molar-refractivity contribution is 0.475. The highest BCUT2D eigenvalue weighted by molar-refractivity contribution is 5.82. The Hall–Kier alpha value is -3.88. The van der Waals surface area contributed by atoms with Crippen molar-refractivity contribution in [1.82, 2.24) is 15.0 Å². The summed E-state index contributed by atoms with van der Waals surface area (Å²) in [6.45, 7) is 3.85. The summed E-state index contributed by atoms with van der Waals surface area (Å²) in [5.41, 5.74) is 9.79. The highest BCUT2D eigenvalue weighted by atomic mass is 16.5. The Balaban J connectivity index is 1.70. The highest BCUT2D eigenvalue weighted by Gasteiger charge is 2.06. The molecule has 0 saturated heterocycles. The van der Waals surface area contributed by atoms with Crippen LogP contribution in [0.2, 0.25) is 0 Å². The summed E-state index contributed by atoms with van der Waals surface area (Å²) in [6.07, 6.45) is 4.50. The number of rotatable bonds is 7. The van der Waals surface area contributed by atoms with Crippen molar-refractivity contribution in [2.45, 2.75) is 26.7 Å². The largest absolute Gasteiger partial charge is 0.455 e. The van der Waals surface area contributed by atoms with E-state index in [1.54, 1.807) is 24.5 Å². The van der Waals surface area contributed by atoms with Gasteiger partial charge >= 0.3 is 0 Å². The molecule has 148 valence electrons. The third kappa shape index (κ3) is 5.55. The Labute approximate surface area is 168 Å². The smallest absolute Gasteiger partial charge is 0.170 e. The fourth-order valence-electron chi connectivity index (χ4n) is 2.69. The lowest BCUT2D eigenvalue weighted by Gasteiger charge is -2.11. The van der Waals surface area contributed by atoms with E-state index in [9.17, 15) is 0 Å². The number of pyridine rings is 3. The topological polar surface area (TPSA) is 135 Å². The zero-order valence-electron chi connectivity index (χ0n) is 16.3. The number of hydrogen-bond donors (Lipinski definition) is 3. The molecule has 0 unspecified atom stereocenters. The molecule has 0 saturated carbocycles. The molecule has 0 aromatic carbocycles. The molecule has 0 spiro atoms. The molecular formula is C20H22N8O. The average molecular weight is 390 g/mol. The average Bonchev–Trinajstić information content (AvgIpc) is 2.71. The summed E-state index contributed by atoms with van der Waals surface area (Å²) < 4.78 is 5.94. The van der Waals surface area contributed by atoms with E-state index in [-0.39, 0.29) is 0 Å². The van der Waals surface area contributed by atoms with Crippen LogP contribution in [-0.2, 0) is 6.42 Å². The first kappa shape index (κ1) is 19.9. The molecule has 3 heterocycles. The van der Waals surface area contributed by atoms with Gasteiger partial charge in [0.05, 0.1) is 5.69 Å². The maximum absolute atomic E-state index is 7.01. The minimum atomic E-state index is 0.295. The van der Waals surface area contributed by atoms with Crippen molar-refractivity contribution in [2.24, 2.45) is 16.1 Å². The maximum Gasteiger partial charge on any atom is 0.170 e. The third-order valence-electron chi connectivity index (χ3n) is 4.13. The molecule has 0 aliphatic heterocycles. The summed E-state index contributed by atoms with van der Waals surface area (Å²) in [7, 11) is 0.